The summed E-state index contributed by atoms with van der Waals surface area (Å²) in [5, 5.41) is 2.90. The van der Waals surface area contributed by atoms with Crippen LogP contribution in [0.2, 0.25) is 0 Å². The van der Waals surface area contributed by atoms with Gasteiger partial charge >= 0.3 is 11.9 Å². The molecule has 0 saturated carbocycles. The second-order valence-electron chi connectivity index (χ2n) is 6.59. The molecule has 29 heavy (non-hydrogen) atoms. The zero-order valence-electron chi connectivity index (χ0n) is 17.1. The number of carbonyl (C=O) groups is 3. The van der Waals surface area contributed by atoms with Crippen molar-refractivity contribution in [2.45, 2.75) is 46.7 Å². The SMILES string of the molecule is CCOC(=O)c1sc2ncn(CC(=O)N[C@@H](C(=O)OC)[C@H](C)CC)c(=O)c2c1C. The summed E-state index contributed by atoms with van der Waals surface area (Å²) in [5.74, 6) is -1.69. The summed E-state index contributed by atoms with van der Waals surface area (Å²) in [6.07, 6.45) is 1.92. The molecule has 0 aliphatic heterocycles. The number of aryl methyl sites for hydroxylation is 1. The molecule has 2 rings (SSSR count). The maximum absolute atomic E-state index is 12.9. The van der Waals surface area contributed by atoms with E-state index in [4.69, 9.17) is 9.47 Å². The number of nitrogens with one attached hydrogen (secondary N) is 1. The predicted molar refractivity (Wildman–Crippen MR) is 108 cm³/mol. The first kappa shape index (κ1) is 22.5. The third-order valence-electron chi connectivity index (χ3n) is 4.68. The molecule has 1 amide bonds. The van der Waals surface area contributed by atoms with E-state index in [9.17, 15) is 19.2 Å². The van der Waals surface area contributed by atoms with Crippen LogP contribution in [0.5, 0.6) is 0 Å². The van der Waals surface area contributed by atoms with Gasteiger partial charge in [-0.05, 0) is 25.3 Å². The van der Waals surface area contributed by atoms with Crippen LogP contribution < -0.4 is 10.9 Å². The third kappa shape index (κ3) is 4.81. The highest BCUT2D eigenvalue weighted by Gasteiger charge is 2.27. The molecular formula is C19H25N3O6S. The van der Waals surface area contributed by atoms with Crippen molar-refractivity contribution in [2.24, 2.45) is 5.92 Å². The molecule has 10 heteroatoms. The lowest BCUT2D eigenvalue weighted by Crippen LogP contribution is -2.47. The largest absolute Gasteiger partial charge is 0.467 e. The number of thiophene rings is 1. The van der Waals surface area contributed by atoms with Crippen LogP contribution in [0.15, 0.2) is 11.1 Å². The fourth-order valence-corrected chi connectivity index (χ4v) is 3.87. The Kier molecular flexibility index (Phi) is 7.49. The molecule has 0 unspecified atom stereocenters. The van der Waals surface area contributed by atoms with Gasteiger partial charge in [-0.2, -0.15) is 0 Å². The normalized spacial score (nSPS) is 13.0. The van der Waals surface area contributed by atoms with E-state index in [1.54, 1.807) is 13.8 Å². The minimum absolute atomic E-state index is 0.130. The van der Waals surface area contributed by atoms with Gasteiger partial charge in [-0.3, -0.25) is 14.2 Å². The summed E-state index contributed by atoms with van der Waals surface area (Å²) in [5.41, 5.74) is 0.0374. The van der Waals surface area contributed by atoms with Gasteiger partial charge < -0.3 is 14.8 Å². The Bertz CT molecular complexity index is 980. The summed E-state index contributed by atoms with van der Waals surface area (Å²) in [6, 6.07) is -0.803. The molecule has 0 fully saturated rings. The van der Waals surface area contributed by atoms with Crippen molar-refractivity contribution in [1.29, 1.82) is 0 Å². The maximum atomic E-state index is 12.9. The topological polar surface area (TPSA) is 117 Å². The lowest BCUT2D eigenvalue weighted by Gasteiger charge is -2.21. The van der Waals surface area contributed by atoms with Gasteiger partial charge in [0, 0.05) is 0 Å². The van der Waals surface area contributed by atoms with Crippen LogP contribution >= 0.6 is 11.3 Å². The Morgan fingerprint density at radius 3 is 2.59 bits per heavy atom. The van der Waals surface area contributed by atoms with Crippen molar-refractivity contribution in [3.63, 3.8) is 0 Å². The Morgan fingerprint density at radius 1 is 1.31 bits per heavy atom. The van der Waals surface area contributed by atoms with E-state index < -0.39 is 29.4 Å². The third-order valence-corrected chi connectivity index (χ3v) is 5.86. The van der Waals surface area contributed by atoms with E-state index in [2.05, 4.69) is 10.3 Å². The van der Waals surface area contributed by atoms with Crippen molar-refractivity contribution in [3.8, 4) is 0 Å². The molecule has 2 atom stereocenters. The van der Waals surface area contributed by atoms with Crippen LogP contribution in [0, 0.1) is 12.8 Å². The maximum Gasteiger partial charge on any atom is 0.348 e. The van der Waals surface area contributed by atoms with Crippen LogP contribution in [-0.2, 0) is 25.6 Å². The molecule has 0 saturated heterocycles. The van der Waals surface area contributed by atoms with Crippen LogP contribution in [0.3, 0.4) is 0 Å². The van der Waals surface area contributed by atoms with Crippen molar-refractivity contribution in [1.82, 2.24) is 14.9 Å². The molecule has 0 bridgehead atoms. The lowest BCUT2D eigenvalue weighted by atomic mass is 9.99. The van der Waals surface area contributed by atoms with Crippen molar-refractivity contribution < 1.29 is 23.9 Å². The van der Waals surface area contributed by atoms with E-state index in [-0.39, 0.29) is 24.5 Å². The smallest absolute Gasteiger partial charge is 0.348 e. The number of hydrogen-bond acceptors (Lipinski definition) is 8. The number of esters is 2. The number of amides is 1. The van der Waals surface area contributed by atoms with Crippen LogP contribution in [0.1, 0.15) is 42.4 Å². The molecule has 0 aliphatic rings. The standard InChI is InChI=1S/C19H25N3O6S/c1-6-10(3)14(18(25)27-5)21-12(23)8-22-9-20-16-13(17(22)24)11(4)15(29-16)19(26)28-7-2/h9-10,14H,6-8H2,1-5H3,(H,21,23)/t10-,14-/m1/s1. The zero-order chi connectivity index (χ0) is 21.7. The van der Waals surface area contributed by atoms with Gasteiger partial charge in [0.15, 0.2) is 0 Å². The molecule has 158 valence electrons. The Balaban J connectivity index is 2.30. The highest BCUT2D eigenvalue weighted by molar-refractivity contribution is 7.20. The van der Waals surface area contributed by atoms with Gasteiger partial charge in [-0.1, -0.05) is 20.3 Å². The fraction of sp³-hybridized carbons (Fsp3) is 0.526. The number of rotatable bonds is 8. The lowest BCUT2D eigenvalue weighted by molar-refractivity contribution is -0.146. The molecule has 2 aromatic heterocycles. The van der Waals surface area contributed by atoms with Crippen molar-refractivity contribution >= 4 is 39.4 Å². The van der Waals surface area contributed by atoms with Crippen LogP contribution in [-0.4, -0.2) is 47.2 Å². The first-order valence-electron chi connectivity index (χ1n) is 9.27. The molecular weight excluding hydrogens is 398 g/mol. The van der Waals surface area contributed by atoms with E-state index >= 15 is 0 Å². The quantitative estimate of drug-likeness (QED) is 0.642. The second-order valence-corrected chi connectivity index (χ2v) is 7.59. The number of aromatic nitrogens is 2. The minimum Gasteiger partial charge on any atom is -0.467 e. The second kappa shape index (κ2) is 9.64. The molecule has 9 nitrogen and oxygen atoms in total. The highest BCUT2D eigenvalue weighted by Crippen LogP contribution is 2.27. The average molecular weight is 423 g/mol. The molecule has 0 aromatic carbocycles. The molecule has 2 heterocycles. The number of fused-ring (bicyclic) bond motifs is 1. The van der Waals surface area contributed by atoms with E-state index in [0.29, 0.717) is 21.7 Å². The average Bonchev–Trinajstić information content (AvgIpc) is 3.04. The first-order valence-corrected chi connectivity index (χ1v) is 10.1. The summed E-state index contributed by atoms with van der Waals surface area (Å²) < 4.78 is 10.9. The number of hydrogen-bond donors (Lipinski definition) is 1. The molecule has 0 aliphatic carbocycles. The Morgan fingerprint density at radius 2 is 2.00 bits per heavy atom. The summed E-state index contributed by atoms with van der Waals surface area (Å²) in [7, 11) is 1.26. The van der Waals surface area contributed by atoms with Crippen LogP contribution in [0.4, 0.5) is 0 Å². The van der Waals surface area contributed by atoms with Crippen molar-refractivity contribution in [3.05, 3.63) is 27.1 Å². The predicted octanol–water partition coefficient (Wildman–Crippen LogP) is 1.65. The minimum atomic E-state index is -0.803. The monoisotopic (exact) mass is 423 g/mol. The molecule has 1 N–H and O–H groups in total. The molecule has 0 radical (unpaired) electrons. The summed E-state index contributed by atoms with van der Waals surface area (Å²) in [4.78, 5) is 54.2. The zero-order valence-corrected chi connectivity index (χ0v) is 17.9. The summed E-state index contributed by atoms with van der Waals surface area (Å²) in [6.45, 7) is 6.99. The molecule has 0 spiro atoms. The van der Waals surface area contributed by atoms with Crippen molar-refractivity contribution in [2.75, 3.05) is 13.7 Å². The summed E-state index contributed by atoms with van der Waals surface area (Å²) >= 11 is 1.08. The van der Waals surface area contributed by atoms with E-state index in [0.717, 1.165) is 15.9 Å². The number of ether oxygens (including phenoxy) is 2. The van der Waals surface area contributed by atoms with Crippen LogP contribution in [0.25, 0.3) is 10.2 Å². The first-order chi connectivity index (χ1) is 13.7. The van der Waals surface area contributed by atoms with E-state index in [1.807, 2.05) is 13.8 Å². The van der Waals surface area contributed by atoms with Gasteiger partial charge in [0.2, 0.25) is 5.91 Å². The van der Waals surface area contributed by atoms with Gasteiger partial charge in [0.25, 0.3) is 5.56 Å². The van der Waals surface area contributed by atoms with Gasteiger partial charge in [-0.15, -0.1) is 11.3 Å². The number of carbonyl (C=O) groups excluding carboxylic acids is 3. The van der Waals surface area contributed by atoms with Gasteiger partial charge in [0.05, 0.1) is 25.4 Å². The van der Waals surface area contributed by atoms with Gasteiger partial charge in [0.1, 0.15) is 22.3 Å². The molecule has 2 aromatic rings. The van der Waals surface area contributed by atoms with E-state index in [1.165, 1.54) is 13.4 Å². The Labute approximate surface area is 172 Å². The van der Waals surface area contributed by atoms with Gasteiger partial charge in [-0.25, -0.2) is 14.6 Å². The highest BCUT2D eigenvalue weighted by atomic mass is 32.1. The fourth-order valence-electron chi connectivity index (χ4n) is 2.83. The Hall–Kier alpha value is -2.75. The number of nitrogens with zero attached hydrogens (tertiary/aromatic N) is 2. The number of methoxy groups -OCH3 is 1.